The molecule has 0 spiro atoms. The van der Waals surface area contributed by atoms with Crippen LogP contribution in [-0.2, 0) is 17.8 Å². The molecule has 172 valence electrons. The molecule has 4 nitrogen and oxygen atoms in total. The second-order valence-corrected chi connectivity index (χ2v) is 9.19. The van der Waals surface area contributed by atoms with Gasteiger partial charge in [-0.15, -0.1) is 0 Å². The molecule has 6 heteroatoms. The Labute approximate surface area is 213 Å². The van der Waals surface area contributed by atoms with E-state index in [1.807, 2.05) is 42.5 Å². The number of carbonyl (C=O) groups is 1. The molecule has 0 saturated heterocycles. The molecule has 1 aliphatic rings. The molecule has 1 heterocycles. The minimum atomic E-state index is -0.414. The molecule has 1 aromatic heterocycles. The maximum atomic E-state index is 13.5. The first kappa shape index (κ1) is 23.1. The first-order valence-electron chi connectivity index (χ1n) is 11.3. The number of aromatic nitrogens is 1. The second kappa shape index (κ2) is 9.92. The van der Waals surface area contributed by atoms with Crippen LogP contribution in [0.4, 0.5) is 0 Å². The Balaban J connectivity index is 1.58. The average Bonchev–Trinajstić information content (AvgIpc) is 2.88. The van der Waals surface area contributed by atoms with Crippen LogP contribution in [0.15, 0.2) is 66.7 Å². The van der Waals surface area contributed by atoms with Gasteiger partial charge in [0.25, 0.3) is 0 Å². The summed E-state index contributed by atoms with van der Waals surface area (Å²) in [6, 6.07) is 22.4. The van der Waals surface area contributed by atoms with Crippen molar-refractivity contribution >= 4 is 51.7 Å². The zero-order valence-corrected chi connectivity index (χ0v) is 20.2. The summed E-state index contributed by atoms with van der Waals surface area (Å²) in [6.45, 7) is 0.0277. The van der Waals surface area contributed by atoms with Crippen molar-refractivity contribution in [3.05, 3.63) is 110 Å². The normalized spacial score (nSPS) is 13.9. The number of pyridine rings is 1. The van der Waals surface area contributed by atoms with Crippen LogP contribution in [0.5, 0.6) is 0 Å². The zero-order chi connectivity index (χ0) is 24.4. The van der Waals surface area contributed by atoms with Crippen molar-refractivity contribution in [3.8, 4) is 6.07 Å². The van der Waals surface area contributed by atoms with E-state index >= 15 is 0 Å². The minimum Gasteiger partial charge on any atom is -0.457 e. The van der Waals surface area contributed by atoms with E-state index in [9.17, 15) is 10.1 Å². The van der Waals surface area contributed by atoms with E-state index in [-0.39, 0.29) is 6.61 Å². The molecule has 0 bridgehead atoms. The summed E-state index contributed by atoms with van der Waals surface area (Å²) < 4.78 is 5.74. The van der Waals surface area contributed by atoms with Gasteiger partial charge in [-0.05, 0) is 66.3 Å². The molecule has 1 aliphatic carbocycles. The summed E-state index contributed by atoms with van der Waals surface area (Å²) in [6.07, 6.45) is 4.51. The van der Waals surface area contributed by atoms with E-state index in [1.54, 1.807) is 24.3 Å². The fraction of sp³-hybridized carbons (Fsp3) is 0.138. The summed E-state index contributed by atoms with van der Waals surface area (Å²) in [5, 5.41) is 11.1. The number of benzene rings is 3. The Morgan fingerprint density at radius 3 is 2.66 bits per heavy atom. The number of carbonyl (C=O) groups excluding carboxylic acids is 1. The molecule has 0 saturated carbocycles. The molecule has 35 heavy (non-hydrogen) atoms. The van der Waals surface area contributed by atoms with E-state index < -0.39 is 5.97 Å². The van der Waals surface area contributed by atoms with Gasteiger partial charge in [0.1, 0.15) is 6.61 Å². The lowest BCUT2D eigenvalue weighted by Crippen LogP contribution is -2.15. The van der Waals surface area contributed by atoms with Gasteiger partial charge < -0.3 is 4.74 Å². The Hall–Kier alpha value is -3.65. The monoisotopic (exact) mass is 498 g/mol. The third-order valence-corrected chi connectivity index (χ3v) is 6.89. The number of nitriles is 1. The number of hydrogen-bond donors (Lipinski definition) is 0. The molecular formula is C29H20Cl2N2O2. The molecule has 0 atom stereocenters. The highest BCUT2D eigenvalue weighted by Crippen LogP contribution is 2.37. The summed E-state index contributed by atoms with van der Waals surface area (Å²) >= 11 is 12.3. The maximum absolute atomic E-state index is 13.5. The molecule has 0 aliphatic heterocycles. The van der Waals surface area contributed by atoms with Gasteiger partial charge in [0, 0.05) is 10.9 Å². The van der Waals surface area contributed by atoms with Crippen LogP contribution >= 0.6 is 23.2 Å². The number of para-hydroxylation sites is 1. The largest absolute Gasteiger partial charge is 0.457 e. The lowest BCUT2D eigenvalue weighted by Gasteiger charge is -2.22. The molecule has 0 N–H and O–H groups in total. The van der Waals surface area contributed by atoms with Crippen molar-refractivity contribution in [1.29, 1.82) is 5.26 Å². The van der Waals surface area contributed by atoms with Crippen molar-refractivity contribution in [3.63, 3.8) is 0 Å². The Bertz CT molecular complexity index is 1540. The molecule has 0 unspecified atom stereocenters. The molecule has 0 amide bonds. The summed E-state index contributed by atoms with van der Waals surface area (Å²) in [7, 11) is 0. The number of halogens is 2. The minimum absolute atomic E-state index is 0.0277. The van der Waals surface area contributed by atoms with Gasteiger partial charge in [0.2, 0.25) is 0 Å². The zero-order valence-electron chi connectivity index (χ0n) is 18.7. The standard InChI is InChI=1S/C29H20Cl2N2O2/c30-24-13-12-18(15-25(24)31)14-19-8-5-10-23-27(22-9-3-4-11-26(22)33-28(19)23)29(34)35-17-21-7-2-1-6-20(21)16-32/h1-4,6-7,9,11-15H,5,8,10,17H2. The van der Waals surface area contributed by atoms with Crippen LogP contribution in [0.1, 0.15) is 51.1 Å². The molecule has 3 aromatic carbocycles. The van der Waals surface area contributed by atoms with E-state index in [0.717, 1.165) is 52.6 Å². The van der Waals surface area contributed by atoms with Crippen LogP contribution in [0.3, 0.4) is 0 Å². The van der Waals surface area contributed by atoms with Crippen molar-refractivity contribution in [2.45, 2.75) is 25.9 Å². The van der Waals surface area contributed by atoms with E-state index in [1.165, 1.54) is 0 Å². The predicted molar refractivity (Wildman–Crippen MR) is 139 cm³/mol. The van der Waals surface area contributed by atoms with Crippen LogP contribution in [0, 0.1) is 11.3 Å². The number of fused-ring (bicyclic) bond motifs is 2. The van der Waals surface area contributed by atoms with Crippen LogP contribution in [0.2, 0.25) is 10.0 Å². The van der Waals surface area contributed by atoms with Crippen LogP contribution in [0.25, 0.3) is 22.6 Å². The van der Waals surface area contributed by atoms with Crippen LogP contribution < -0.4 is 0 Å². The maximum Gasteiger partial charge on any atom is 0.339 e. The number of nitrogens with zero attached hydrogens (tertiary/aromatic N) is 2. The highest BCUT2D eigenvalue weighted by molar-refractivity contribution is 6.42. The summed E-state index contributed by atoms with van der Waals surface area (Å²) in [5.74, 6) is -0.414. The highest BCUT2D eigenvalue weighted by atomic mass is 35.5. The van der Waals surface area contributed by atoms with Gasteiger partial charge in [-0.3, -0.25) is 0 Å². The fourth-order valence-corrected chi connectivity index (χ4v) is 4.79. The van der Waals surface area contributed by atoms with E-state index in [2.05, 4.69) is 12.1 Å². The topological polar surface area (TPSA) is 63.0 Å². The first-order chi connectivity index (χ1) is 17.0. The number of ether oxygens (including phenoxy) is 1. The number of hydrogen-bond acceptors (Lipinski definition) is 4. The van der Waals surface area contributed by atoms with Gasteiger partial charge in [-0.1, -0.05) is 65.7 Å². The predicted octanol–water partition coefficient (Wildman–Crippen LogP) is 7.65. The summed E-state index contributed by atoms with van der Waals surface area (Å²) in [4.78, 5) is 18.4. The number of esters is 1. The van der Waals surface area contributed by atoms with Crippen molar-refractivity contribution < 1.29 is 9.53 Å². The molecule has 0 fully saturated rings. The first-order valence-corrected chi connectivity index (χ1v) is 12.0. The second-order valence-electron chi connectivity index (χ2n) is 8.37. The summed E-state index contributed by atoms with van der Waals surface area (Å²) in [5.41, 5.74) is 6.11. The van der Waals surface area contributed by atoms with Gasteiger partial charge in [-0.25, -0.2) is 9.78 Å². The van der Waals surface area contributed by atoms with E-state index in [4.69, 9.17) is 32.9 Å². The molecular weight excluding hydrogens is 479 g/mol. The Morgan fingerprint density at radius 1 is 1.03 bits per heavy atom. The van der Waals surface area contributed by atoms with Crippen LogP contribution in [-0.4, -0.2) is 11.0 Å². The third-order valence-electron chi connectivity index (χ3n) is 6.16. The highest BCUT2D eigenvalue weighted by Gasteiger charge is 2.26. The van der Waals surface area contributed by atoms with Crippen molar-refractivity contribution in [2.75, 3.05) is 0 Å². The number of allylic oxidation sites excluding steroid dienone is 1. The molecule has 0 radical (unpaired) electrons. The Morgan fingerprint density at radius 2 is 1.83 bits per heavy atom. The quantitative estimate of drug-likeness (QED) is 0.271. The fourth-order valence-electron chi connectivity index (χ4n) is 4.48. The lowest BCUT2D eigenvalue weighted by molar-refractivity contribution is 0.0473. The Kier molecular flexibility index (Phi) is 6.55. The third kappa shape index (κ3) is 4.66. The van der Waals surface area contributed by atoms with Gasteiger partial charge in [0.05, 0.1) is 38.5 Å². The van der Waals surface area contributed by atoms with Gasteiger partial charge in [0.15, 0.2) is 0 Å². The average molecular weight is 499 g/mol. The SMILES string of the molecule is N#Cc1ccccc1COC(=O)c1c2c(nc3ccccc13)C(=Cc1ccc(Cl)c(Cl)c1)CCC2. The van der Waals surface area contributed by atoms with Gasteiger partial charge in [-0.2, -0.15) is 5.26 Å². The number of rotatable bonds is 4. The lowest BCUT2D eigenvalue weighted by atomic mass is 9.86. The van der Waals surface area contributed by atoms with Gasteiger partial charge >= 0.3 is 5.97 Å². The van der Waals surface area contributed by atoms with Crippen molar-refractivity contribution in [1.82, 2.24) is 4.98 Å². The molecule has 4 aromatic rings. The van der Waals surface area contributed by atoms with Crippen molar-refractivity contribution in [2.24, 2.45) is 0 Å². The smallest absolute Gasteiger partial charge is 0.339 e. The molecule has 5 rings (SSSR count). The van der Waals surface area contributed by atoms with E-state index in [0.29, 0.717) is 26.7 Å².